The van der Waals surface area contributed by atoms with Crippen molar-refractivity contribution >= 4 is 17.8 Å². The maximum Gasteiger partial charge on any atom is 0.387 e. The van der Waals surface area contributed by atoms with Crippen LogP contribution in [-0.4, -0.2) is 37.6 Å². The van der Waals surface area contributed by atoms with Crippen LogP contribution in [-0.2, 0) is 14.3 Å². The van der Waals surface area contributed by atoms with Gasteiger partial charge in [0.15, 0.2) is 13.2 Å². The molecule has 7 nitrogen and oxygen atoms in total. The smallest absolute Gasteiger partial charge is 0.387 e. The topological polar surface area (TPSA) is 90.9 Å². The Hall–Kier alpha value is -3.49. The van der Waals surface area contributed by atoms with Crippen molar-refractivity contribution in [3.8, 4) is 11.5 Å². The predicted octanol–water partition coefficient (Wildman–Crippen LogP) is 3.60. The molecule has 2 aromatic rings. The molecule has 0 unspecified atom stereocenters. The Bertz CT molecular complexity index is 928. The van der Waals surface area contributed by atoms with E-state index < -0.39 is 37.6 Å². The van der Waals surface area contributed by atoms with Gasteiger partial charge in [0.1, 0.15) is 11.5 Å². The van der Waals surface area contributed by atoms with E-state index in [9.17, 15) is 23.2 Å². The number of halogens is 2. The average Bonchev–Trinajstić information content (AvgIpc) is 2.70. The van der Waals surface area contributed by atoms with Gasteiger partial charge in [0.05, 0.1) is 0 Å². The minimum atomic E-state index is -2.98. The second-order valence-corrected chi connectivity index (χ2v) is 6.93. The first-order valence-corrected chi connectivity index (χ1v) is 9.43. The van der Waals surface area contributed by atoms with Crippen LogP contribution in [0.1, 0.15) is 41.3 Å². The van der Waals surface area contributed by atoms with Gasteiger partial charge in [0, 0.05) is 5.56 Å². The molecule has 9 heteroatoms. The highest BCUT2D eigenvalue weighted by Gasteiger charge is 2.15. The zero-order valence-electron chi connectivity index (χ0n) is 17.3. The average molecular weight is 435 g/mol. The SMILES string of the molecule is Cc1ccc(C(C)C)c(OCC(=O)OCC(=O)NC(=O)c2ccc(OC(F)F)cc2)c1. The van der Waals surface area contributed by atoms with E-state index in [1.165, 1.54) is 24.3 Å². The van der Waals surface area contributed by atoms with Gasteiger partial charge in [-0.05, 0) is 54.3 Å². The van der Waals surface area contributed by atoms with Gasteiger partial charge in [-0.1, -0.05) is 26.0 Å². The van der Waals surface area contributed by atoms with E-state index in [0.717, 1.165) is 11.1 Å². The molecule has 0 saturated carbocycles. The second kappa shape index (κ2) is 11.1. The lowest BCUT2D eigenvalue weighted by Gasteiger charge is -2.14. The molecule has 0 atom stereocenters. The molecule has 0 fully saturated rings. The molecule has 0 bridgehead atoms. The monoisotopic (exact) mass is 435 g/mol. The van der Waals surface area contributed by atoms with Crippen molar-refractivity contribution in [2.24, 2.45) is 0 Å². The number of nitrogens with one attached hydrogen (secondary N) is 1. The van der Waals surface area contributed by atoms with Crippen LogP contribution in [0.25, 0.3) is 0 Å². The first-order valence-electron chi connectivity index (χ1n) is 9.43. The molecule has 0 radical (unpaired) electrons. The molecule has 0 saturated heterocycles. The van der Waals surface area contributed by atoms with Crippen LogP contribution in [0.3, 0.4) is 0 Å². The van der Waals surface area contributed by atoms with E-state index in [2.05, 4.69) is 4.74 Å². The first kappa shape index (κ1) is 23.8. The van der Waals surface area contributed by atoms with Crippen molar-refractivity contribution in [3.05, 3.63) is 59.2 Å². The van der Waals surface area contributed by atoms with Crippen LogP contribution in [0, 0.1) is 6.92 Å². The Morgan fingerprint density at radius 2 is 1.68 bits per heavy atom. The molecular weight excluding hydrogens is 412 g/mol. The number of esters is 1. The highest BCUT2D eigenvalue weighted by molar-refractivity contribution is 6.05. The summed E-state index contributed by atoms with van der Waals surface area (Å²) in [4.78, 5) is 35.7. The molecule has 0 aliphatic carbocycles. The van der Waals surface area contributed by atoms with Crippen LogP contribution < -0.4 is 14.8 Å². The van der Waals surface area contributed by atoms with Crippen molar-refractivity contribution in [2.45, 2.75) is 33.3 Å². The number of aryl methyl sites for hydroxylation is 1. The molecule has 1 N–H and O–H groups in total. The number of imide groups is 1. The van der Waals surface area contributed by atoms with Crippen molar-refractivity contribution in [3.63, 3.8) is 0 Å². The van der Waals surface area contributed by atoms with E-state index in [4.69, 9.17) is 9.47 Å². The number of carbonyl (C=O) groups is 3. The Labute approximate surface area is 178 Å². The van der Waals surface area contributed by atoms with Crippen molar-refractivity contribution in [2.75, 3.05) is 13.2 Å². The molecule has 0 aliphatic heterocycles. The lowest BCUT2D eigenvalue weighted by molar-refractivity contribution is -0.150. The van der Waals surface area contributed by atoms with E-state index in [1.54, 1.807) is 0 Å². The molecule has 2 rings (SSSR count). The molecular formula is C22H23F2NO6. The maximum absolute atomic E-state index is 12.1. The van der Waals surface area contributed by atoms with Crippen molar-refractivity contribution in [1.82, 2.24) is 5.32 Å². The Morgan fingerprint density at radius 1 is 1.00 bits per heavy atom. The molecule has 166 valence electrons. The lowest BCUT2D eigenvalue weighted by atomic mass is 10.0. The summed E-state index contributed by atoms with van der Waals surface area (Å²) in [5.74, 6) is -1.76. The predicted molar refractivity (Wildman–Crippen MR) is 107 cm³/mol. The normalized spacial score (nSPS) is 10.7. The summed E-state index contributed by atoms with van der Waals surface area (Å²) in [7, 11) is 0. The van der Waals surface area contributed by atoms with Gasteiger partial charge in [-0.2, -0.15) is 8.78 Å². The zero-order chi connectivity index (χ0) is 23.0. The molecule has 2 aromatic carbocycles. The van der Waals surface area contributed by atoms with Gasteiger partial charge < -0.3 is 14.2 Å². The van der Waals surface area contributed by atoms with Crippen molar-refractivity contribution < 1.29 is 37.4 Å². The van der Waals surface area contributed by atoms with Gasteiger partial charge >= 0.3 is 12.6 Å². The van der Waals surface area contributed by atoms with Gasteiger partial charge in [-0.3, -0.25) is 14.9 Å². The number of ether oxygens (including phenoxy) is 3. The summed E-state index contributed by atoms with van der Waals surface area (Å²) < 4.78 is 38.8. The number of alkyl halides is 2. The number of benzene rings is 2. The summed E-state index contributed by atoms with van der Waals surface area (Å²) in [6.45, 7) is 1.84. The zero-order valence-corrected chi connectivity index (χ0v) is 17.3. The van der Waals surface area contributed by atoms with Crippen LogP contribution in [0.5, 0.6) is 11.5 Å². The summed E-state index contributed by atoms with van der Waals surface area (Å²) in [6.07, 6.45) is 0. The standard InChI is InChI=1S/C22H23F2NO6/c1-13(2)17-9-4-14(3)10-18(17)29-12-20(27)30-11-19(26)25-21(28)15-5-7-16(8-6-15)31-22(23)24/h4-10,13,22H,11-12H2,1-3H3,(H,25,26,28). The fourth-order valence-electron chi connectivity index (χ4n) is 2.59. The number of amides is 2. The second-order valence-electron chi connectivity index (χ2n) is 6.93. The van der Waals surface area contributed by atoms with Crippen LogP contribution in [0.15, 0.2) is 42.5 Å². The van der Waals surface area contributed by atoms with Gasteiger partial charge in [-0.25, -0.2) is 4.79 Å². The highest BCUT2D eigenvalue weighted by atomic mass is 19.3. The van der Waals surface area contributed by atoms with Gasteiger partial charge in [0.25, 0.3) is 11.8 Å². The maximum atomic E-state index is 12.1. The van der Waals surface area contributed by atoms with Crippen molar-refractivity contribution in [1.29, 1.82) is 0 Å². The number of hydrogen-bond donors (Lipinski definition) is 1. The molecule has 31 heavy (non-hydrogen) atoms. The third kappa shape index (κ3) is 7.69. The Balaban J connectivity index is 1.80. The molecule has 2 amide bonds. The molecule has 0 heterocycles. The van der Waals surface area contributed by atoms with E-state index in [0.29, 0.717) is 5.75 Å². The lowest BCUT2D eigenvalue weighted by Crippen LogP contribution is -2.34. The third-order valence-corrected chi connectivity index (χ3v) is 4.10. The Kier molecular flexibility index (Phi) is 8.48. The minimum absolute atomic E-state index is 0.0466. The summed E-state index contributed by atoms with van der Waals surface area (Å²) >= 11 is 0. The summed E-state index contributed by atoms with van der Waals surface area (Å²) in [5, 5.41) is 2.03. The van der Waals surface area contributed by atoms with Gasteiger partial charge in [-0.15, -0.1) is 0 Å². The fourth-order valence-corrected chi connectivity index (χ4v) is 2.59. The minimum Gasteiger partial charge on any atom is -0.482 e. The van der Waals surface area contributed by atoms with E-state index in [-0.39, 0.29) is 17.2 Å². The van der Waals surface area contributed by atoms with Gasteiger partial charge in [0.2, 0.25) is 0 Å². The summed E-state index contributed by atoms with van der Waals surface area (Å²) in [5.41, 5.74) is 1.96. The van der Waals surface area contributed by atoms with Crippen LogP contribution in [0.2, 0.25) is 0 Å². The number of carbonyl (C=O) groups excluding carboxylic acids is 3. The third-order valence-electron chi connectivity index (χ3n) is 4.10. The highest BCUT2D eigenvalue weighted by Crippen LogP contribution is 2.27. The van der Waals surface area contributed by atoms with E-state index in [1.807, 2.05) is 44.3 Å². The molecule has 0 aromatic heterocycles. The quantitative estimate of drug-likeness (QED) is 0.606. The van der Waals surface area contributed by atoms with Crippen LogP contribution >= 0.6 is 0 Å². The fraction of sp³-hybridized carbons (Fsp3) is 0.318. The summed E-state index contributed by atoms with van der Waals surface area (Å²) in [6, 6.07) is 10.4. The molecule has 0 aliphatic rings. The van der Waals surface area contributed by atoms with E-state index >= 15 is 0 Å². The largest absolute Gasteiger partial charge is 0.482 e. The number of rotatable bonds is 9. The van der Waals surface area contributed by atoms with Crippen LogP contribution in [0.4, 0.5) is 8.78 Å². The Morgan fingerprint density at radius 3 is 2.29 bits per heavy atom. The first-order chi connectivity index (χ1) is 14.7. The number of hydrogen-bond acceptors (Lipinski definition) is 6. The molecule has 0 spiro atoms.